The Morgan fingerprint density at radius 1 is 1.23 bits per heavy atom. The van der Waals surface area contributed by atoms with E-state index in [1.807, 2.05) is 32.8 Å². The van der Waals surface area contributed by atoms with Crippen molar-refractivity contribution in [2.24, 2.45) is 0 Å². The lowest BCUT2D eigenvalue weighted by molar-refractivity contribution is 0.912. The van der Waals surface area contributed by atoms with Crippen LogP contribution in [-0.2, 0) is 0 Å². The van der Waals surface area contributed by atoms with Gasteiger partial charge >= 0.3 is 0 Å². The average molecular weight is 181 g/mol. The van der Waals surface area contributed by atoms with Gasteiger partial charge < -0.3 is 10.2 Å². The standard InChI is InChI=1S/C8H15N5/c1-5-9-7-10-6(2)11-8(12-7)13(3)4/h5H2,1-4H3,(H,9,10,11,12). The van der Waals surface area contributed by atoms with E-state index >= 15 is 0 Å². The lowest BCUT2D eigenvalue weighted by atomic mass is 10.6. The molecule has 5 nitrogen and oxygen atoms in total. The summed E-state index contributed by atoms with van der Waals surface area (Å²) in [5, 5.41) is 3.05. The van der Waals surface area contributed by atoms with Gasteiger partial charge in [0.25, 0.3) is 0 Å². The summed E-state index contributed by atoms with van der Waals surface area (Å²) in [4.78, 5) is 14.4. The van der Waals surface area contributed by atoms with Crippen molar-refractivity contribution in [3.8, 4) is 0 Å². The van der Waals surface area contributed by atoms with Crippen LogP contribution in [0.2, 0.25) is 0 Å². The van der Waals surface area contributed by atoms with E-state index in [0.29, 0.717) is 11.9 Å². The molecule has 0 amide bonds. The third kappa shape index (κ3) is 2.54. The first-order chi connectivity index (χ1) is 6.13. The van der Waals surface area contributed by atoms with E-state index in [0.717, 1.165) is 12.4 Å². The van der Waals surface area contributed by atoms with Crippen LogP contribution in [0.15, 0.2) is 0 Å². The van der Waals surface area contributed by atoms with Gasteiger partial charge in [-0.25, -0.2) is 0 Å². The Labute approximate surface area is 78.2 Å². The second-order valence-electron chi connectivity index (χ2n) is 2.93. The number of aryl methyl sites for hydroxylation is 1. The molecule has 0 saturated carbocycles. The summed E-state index contributed by atoms with van der Waals surface area (Å²) in [6.45, 7) is 4.68. The first-order valence-electron chi connectivity index (χ1n) is 4.27. The Balaban J connectivity index is 2.96. The molecule has 0 unspecified atom stereocenters. The van der Waals surface area contributed by atoms with Crippen LogP contribution in [0, 0.1) is 6.92 Å². The van der Waals surface area contributed by atoms with Crippen LogP contribution < -0.4 is 10.2 Å². The molecule has 1 aromatic heterocycles. The lowest BCUT2D eigenvalue weighted by Gasteiger charge is -2.11. The molecular weight excluding hydrogens is 166 g/mol. The van der Waals surface area contributed by atoms with Crippen LogP contribution in [-0.4, -0.2) is 35.6 Å². The number of anilines is 2. The number of hydrogen-bond donors (Lipinski definition) is 1. The summed E-state index contributed by atoms with van der Waals surface area (Å²) < 4.78 is 0. The largest absolute Gasteiger partial charge is 0.354 e. The molecule has 1 rings (SSSR count). The highest BCUT2D eigenvalue weighted by atomic mass is 15.3. The molecule has 0 atom stereocenters. The van der Waals surface area contributed by atoms with Gasteiger partial charge in [0.15, 0.2) is 0 Å². The Morgan fingerprint density at radius 2 is 1.92 bits per heavy atom. The van der Waals surface area contributed by atoms with Gasteiger partial charge in [-0.2, -0.15) is 15.0 Å². The van der Waals surface area contributed by atoms with E-state index in [9.17, 15) is 0 Å². The van der Waals surface area contributed by atoms with Gasteiger partial charge in [0.05, 0.1) is 0 Å². The van der Waals surface area contributed by atoms with Crippen molar-refractivity contribution in [2.75, 3.05) is 30.9 Å². The molecule has 1 aromatic rings. The van der Waals surface area contributed by atoms with Crippen molar-refractivity contribution in [3.05, 3.63) is 5.82 Å². The minimum atomic E-state index is 0.638. The summed E-state index contributed by atoms with van der Waals surface area (Å²) in [7, 11) is 3.81. The molecule has 0 aliphatic carbocycles. The fraction of sp³-hybridized carbons (Fsp3) is 0.625. The maximum atomic E-state index is 4.22. The van der Waals surface area contributed by atoms with Crippen LogP contribution in [0.5, 0.6) is 0 Å². The lowest BCUT2D eigenvalue weighted by Crippen LogP contribution is -2.15. The molecule has 0 radical (unpaired) electrons. The topological polar surface area (TPSA) is 53.9 Å². The van der Waals surface area contributed by atoms with Crippen LogP contribution in [0.25, 0.3) is 0 Å². The monoisotopic (exact) mass is 181 g/mol. The van der Waals surface area contributed by atoms with Crippen molar-refractivity contribution >= 4 is 11.9 Å². The molecule has 0 aliphatic rings. The number of hydrogen-bond acceptors (Lipinski definition) is 5. The molecule has 1 heterocycles. The Hall–Kier alpha value is -1.39. The van der Waals surface area contributed by atoms with Crippen molar-refractivity contribution in [3.63, 3.8) is 0 Å². The predicted octanol–water partition coefficient (Wildman–Crippen LogP) is 0.678. The van der Waals surface area contributed by atoms with Gasteiger partial charge in [-0.05, 0) is 13.8 Å². The van der Waals surface area contributed by atoms with Gasteiger partial charge in [0, 0.05) is 20.6 Å². The number of nitrogens with one attached hydrogen (secondary N) is 1. The fourth-order valence-electron chi connectivity index (χ4n) is 0.905. The third-order valence-corrected chi connectivity index (χ3v) is 1.47. The van der Waals surface area contributed by atoms with Crippen molar-refractivity contribution < 1.29 is 0 Å². The van der Waals surface area contributed by atoms with E-state index in [-0.39, 0.29) is 0 Å². The SMILES string of the molecule is CCNc1nc(C)nc(N(C)C)n1. The van der Waals surface area contributed by atoms with E-state index in [2.05, 4.69) is 20.3 Å². The molecule has 0 aliphatic heterocycles. The average Bonchev–Trinajstić information content (AvgIpc) is 2.03. The van der Waals surface area contributed by atoms with E-state index in [1.165, 1.54) is 0 Å². The zero-order valence-corrected chi connectivity index (χ0v) is 8.50. The molecule has 0 saturated heterocycles. The summed E-state index contributed by atoms with van der Waals surface area (Å²) in [5.74, 6) is 2.05. The second-order valence-corrected chi connectivity index (χ2v) is 2.93. The number of aromatic nitrogens is 3. The molecule has 0 bridgehead atoms. The van der Waals surface area contributed by atoms with Gasteiger partial charge in [0.2, 0.25) is 11.9 Å². The molecule has 0 fully saturated rings. The predicted molar refractivity (Wildman–Crippen MR) is 53.1 cm³/mol. The Morgan fingerprint density at radius 3 is 2.46 bits per heavy atom. The summed E-state index contributed by atoms with van der Waals surface area (Å²) >= 11 is 0. The second kappa shape index (κ2) is 4.02. The van der Waals surface area contributed by atoms with E-state index < -0.39 is 0 Å². The first kappa shape index (κ1) is 9.70. The highest BCUT2D eigenvalue weighted by Gasteiger charge is 2.03. The van der Waals surface area contributed by atoms with Crippen molar-refractivity contribution in [1.82, 2.24) is 15.0 Å². The van der Waals surface area contributed by atoms with Crippen LogP contribution in [0.4, 0.5) is 11.9 Å². The number of rotatable bonds is 3. The highest BCUT2D eigenvalue weighted by molar-refractivity contribution is 5.35. The quantitative estimate of drug-likeness (QED) is 0.743. The molecule has 13 heavy (non-hydrogen) atoms. The Bertz CT molecular complexity index is 284. The van der Waals surface area contributed by atoms with Gasteiger partial charge in [-0.15, -0.1) is 0 Å². The van der Waals surface area contributed by atoms with Crippen molar-refractivity contribution in [2.45, 2.75) is 13.8 Å². The molecule has 5 heteroatoms. The molecular formula is C8H15N5. The molecule has 0 aromatic carbocycles. The van der Waals surface area contributed by atoms with E-state index in [1.54, 1.807) is 0 Å². The smallest absolute Gasteiger partial charge is 0.229 e. The minimum Gasteiger partial charge on any atom is -0.354 e. The normalized spacial score (nSPS) is 9.85. The Kier molecular flexibility index (Phi) is 3.00. The van der Waals surface area contributed by atoms with Gasteiger partial charge in [-0.1, -0.05) is 0 Å². The molecule has 72 valence electrons. The highest BCUT2D eigenvalue weighted by Crippen LogP contribution is 2.06. The third-order valence-electron chi connectivity index (χ3n) is 1.47. The van der Waals surface area contributed by atoms with Gasteiger partial charge in [-0.3, -0.25) is 0 Å². The minimum absolute atomic E-state index is 0.638. The molecule has 0 spiro atoms. The van der Waals surface area contributed by atoms with Crippen LogP contribution >= 0.6 is 0 Å². The van der Waals surface area contributed by atoms with E-state index in [4.69, 9.17) is 0 Å². The summed E-state index contributed by atoms with van der Waals surface area (Å²) in [5.41, 5.74) is 0. The zero-order valence-electron chi connectivity index (χ0n) is 8.50. The number of nitrogens with zero attached hydrogens (tertiary/aromatic N) is 4. The molecule has 1 N–H and O–H groups in total. The maximum Gasteiger partial charge on any atom is 0.229 e. The van der Waals surface area contributed by atoms with Crippen LogP contribution in [0.3, 0.4) is 0 Å². The first-order valence-corrected chi connectivity index (χ1v) is 4.27. The maximum absolute atomic E-state index is 4.22. The van der Waals surface area contributed by atoms with Crippen molar-refractivity contribution in [1.29, 1.82) is 0 Å². The van der Waals surface area contributed by atoms with Gasteiger partial charge in [0.1, 0.15) is 5.82 Å². The zero-order chi connectivity index (χ0) is 9.84. The summed E-state index contributed by atoms with van der Waals surface area (Å²) in [6.07, 6.45) is 0. The summed E-state index contributed by atoms with van der Waals surface area (Å²) in [6, 6.07) is 0. The fourth-order valence-corrected chi connectivity index (χ4v) is 0.905. The van der Waals surface area contributed by atoms with Crippen LogP contribution in [0.1, 0.15) is 12.7 Å².